The summed E-state index contributed by atoms with van der Waals surface area (Å²) in [6, 6.07) is 44.1. The summed E-state index contributed by atoms with van der Waals surface area (Å²) in [5, 5.41) is 21.4. The van der Waals surface area contributed by atoms with Crippen molar-refractivity contribution in [3.8, 4) is 63.4 Å². The Morgan fingerprint density at radius 2 is 1.02 bits per heavy atom. The summed E-state index contributed by atoms with van der Waals surface area (Å²) in [6.45, 7) is 0. The number of rotatable bonds is 5. The Hall–Kier alpha value is -7.03. The largest absolute Gasteiger partial charge is 0.308 e. The molecule has 0 aliphatic carbocycles. The number of fused-ring (bicyclic) bond motifs is 3. The first-order valence-electron chi connectivity index (χ1n) is 14.9. The summed E-state index contributed by atoms with van der Waals surface area (Å²) in [4.78, 5) is 23.3. The van der Waals surface area contributed by atoms with Crippen LogP contribution in [0.3, 0.4) is 0 Å². The molecule has 218 valence electrons. The zero-order valence-electron chi connectivity index (χ0n) is 24.8. The normalized spacial score (nSPS) is 10.9. The molecule has 8 heteroatoms. The lowest BCUT2D eigenvalue weighted by molar-refractivity contribution is 1.07. The van der Waals surface area contributed by atoms with E-state index in [1.807, 2.05) is 97.1 Å². The van der Waals surface area contributed by atoms with Gasteiger partial charge in [0.05, 0.1) is 27.8 Å². The maximum Gasteiger partial charge on any atom is 0.164 e. The summed E-state index contributed by atoms with van der Waals surface area (Å²) in [6.07, 6.45) is 2.95. The first-order valence-corrected chi connectivity index (χ1v) is 14.9. The third-order valence-corrected chi connectivity index (χ3v) is 8.03. The second-order valence-electron chi connectivity index (χ2n) is 10.9. The van der Waals surface area contributed by atoms with E-state index in [4.69, 9.17) is 20.2 Å². The second-order valence-corrected chi connectivity index (χ2v) is 10.9. The molecule has 0 saturated heterocycles. The fourth-order valence-electron chi connectivity index (χ4n) is 5.80. The van der Waals surface area contributed by atoms with Gasteiger partial charge >= 0.3 is 0 Å². The van der Waals surface area contributed by atoms with Gasteiger partial charge in [-0.25, -0.2) is 24.9 Å². The summed E-state index contributed by atoms with van der Waals surface area (Å²) >= 11 is 0. The predicted molar refractivity (Wildman–Crippen MR) is 181 cm³/mol. The minimum absolute atomic E-state index is 0.375. The van der Waals surface area contributed by atoms with Crippen LogP contribution in [0.4, 0.5) is 0 Å². The molecule has 0 amide bonds. The van der Waals surface area contributed by atoms with E-state index in [9.17, 15) is 5.26 Å². The van der Waals surface area contributed by atoms with E-state index >= 15 is 0 Å². The van der Waals surface area contributed by atoms with Gasteiger partial charge in [0.1, 0.15) is 12.1 Å². The van der Waals surface area contributed by atoms with Gasteiger partial charge in [0.25, 0.3) is 0 Å². The summed E-state index contributed by atoms with van der Waals surface area (Å²) in [7, 11) is 0. The monoisotopic (exact) mass is 602 g/mol. The highest BCUT2D eigenvalue weighted by molar-refractivity contribution is 6.10. The summed E-state index contributed by atoms with van der Waals surface area (Å²) in [5.74, 6) is 2.21. The van der Waals surface area contributed by atoms with Crippen LogP contribution in [-0.2, 0) is 0 Å². The number of benzene rings is 5. The van der Waals surface area contributed by atoms with Gasteiger partial charge in [-0.1, -0.05) is 78.9 Å². The minimum Gasteiger partial charge on any atom is -0.308 e. The van der Waals surface area contributed by atoms with Crippen LogP contribution in [0.5, 0.6) is 0 Å². The molecule has 0 aliphatic rings. The first-order chi connectivity index (χ1) is 23.2. The van der Waals surface area contributed by atoms with Gasteiger partial charge in [0.2, 0.25) is 0 Å². The predicted octanol–water partition coefficient (Wildman–Crippen LogP) is 8.17. The maximum atomic E-state index is 10.3. The van der Waals surface area contributed by atoms with Crippen molar-refractivity contribution in [2.75, 3.05) is 0 Å². The zero-order valence-corrected chi connectivity index (χ0v) is 24.8. The molecule has 3 aromatic heterocycles. The Morgan fingerprint density at radius 1 is 0.468 bits per heavy atom. The highest BCUT2D eigenvalue weighted by Crippen LogP contribution is 2.36. The lowest BCUT2D eigenvalue weighted by atomic mass is 10.1. The van der Waals surface area contributed by atoms with Crippen LogP contribution in [0.1, 0.15) is 11.1 Å². The molecule has 0 bridgehead atoms. The average molecular weight is 603 g/mol. The highest BCUT2D eigenvalue weighted by Gasteiger charge is 2.18. The van der Waals surface area contributed by atoms with E-state index in [2.05, 4.69) is 44.9 Å². The molecule has 0 atom stereocenters. The third-order valence-electron chi connectivity index (χ3n) is 8.03. The molecule has 0 N–H and O–H groups in total. The van der Waals surface area contributed by atoms with Crippen LogP contribution in [0.15, 0.2) is 134 Å². The van der Waals surface area contributed by atoms with Gasteiger partial charge in [0.15, 0.2) is 23.3 Å². The molecule has 8 nitrogen and oxygen atoms in total. The van der Waals surface area contributed by atoms with Gasteiger partial charge in [0, 0.05) is 45.4 Å². The van der Waals surface area contributed by atoms with Crippen molar-refractivity contribution in [1.29, 1.82) is 10.5 Å². The standard InChI is InChI=1S/C39H22N8/c40-21-25-23-42-36(43-24-25)28-15-17-33(30(19-28)22-41)47-34-14-8-7-13-31(34)32-20-29(16-18-35(32)47)39-45-37(26-9-3-1-4-10-26)44-38(46-39)27-11-5-2-6-12-27/h1-20,23-24H. The van der Waals surface area contributed by atoms with Crippen molar-refractivity contribution in [2.24, 2.45) is 0 Å². The fourth-order valence-corrected chi connectivity index (χ4v) is 5.80. The molecule has 47 heavy (non-hydrogen) atoms. The molecule has 3 heterocycles. The molecule has 0 fully saturated rings. The average Bonchev–Trinajstić information content (AvgIpc) is 3.48. The Labute approximate surface area is 269 Å². The molecule has 0 spiro atoms. The van der Waals surface area contributed by atoms with Crippen molar-refractivity contribution < 1.29 is 0 Å². The van der Waals surface area contributed by atoms with Crippen LogP contribution >= 0.6 is 0 Å². The topological polar surface area (TPSA) is 117 Å². The second kappa shape index (κ2) is 11.5. The van der Waals surface area contributed by atoms with E-state index < -0.39 is 0 Å². The molecule has 0 saturated carbocycles. The Balaban J connectivity index is 1.30. The van der Waals surface area contributed by atoms with Crippen LogP contribution in [0, 0.1) is 22.7 Å². The first kappa shape index (κ1) is 27.5. The van der Waals surface area contributed by atoms with Gasteiger partial charge in [-0.2, -0.15) is 10.5 Å². The highest BCUT2D eigenvalue weighted by atomic mass is 15.0. The van der Waals surface area contributed by atoms with E-state index in [1.165, 1.54) is 12.4 Å². The van der Waals surface area contributed by atoms with Gasteiger partial charge in [-0.15, -0.1) is 0 Å². The number of hydrogen-bond donors (Lipinski definition) is 0. The number of nitriles is 2. The van der Waals surface area contributed by atoms with Crippen LogP contribution in [0.25, 0.3) is 73.0 Å². The molecular weight excluding hydrogens is 580 g/mol. The quantitative estimate of drug-likeness (QED) is 0.195. The lowest BCUT2D eigenvalue weighted by Gasteiger charge is -2.12. The minimum atomic E-state index is 0.375. The van der Waals surface area contributed by atoms with E-state index in [0.29, 0.717) is 40.0 Å². The molecule has 8 rings (SSSR count). The van der Waals surface area contributed by atoms with Crippen molar-refractivity contribution in [3.05, 3.63) is 145 Å². The fraction of sp³-hybridized carbons (Fsp3) is 0. The Kier molecular flexibility index (Phi) is 6.72. The van der Waals surface area contributed by atoms with Gasteiger partial charge < -0.3 is 4.57 Å². The van der Waals surface area contributed by atoms with Crippen LogP contribution in [0.2, 0.25) is 0 Å². The molecular formula is C39H22N8. The number of para-hydroxylation sites is 1. The third kappa shape index (κ3) is 4.93. The van der Waals surface area contributed by atoms with Crippen molar-refractivity contribution in [3.63, 3.8) is 0 Å². The van der Waals surface area contributed by atoms with E-state index in [-0.39, 0.29) is 0 Å². The molecule has 5 aromatic carbocycles. The summed E-state index contributed by atoms with van der Waals surface area (Å²) in [5.41, 5.74) is 6.84. The molecule has 0 aliphatic heterocycles. The zero-order chi connectivity index (χ0) is 31.7. The number of aromatic nitrogens is 6. The number of nitrogens with zero attached hydrogens (tertiary/aromatic N) is 8. The van der Waals surface area contributed by atoms with Gasteiger partial charge in [-0.3, -0.25) is 0 Å². The van der Waals surface area contributed by atoms with Crippen molar-refractivity contribution in [2.45, 2.75) is 0 Å². The Morgan fingerprint density at radius 3 is 1.66 bits per heavy atom. The van der Waals surface area contributed by atoms with E-state index in [0.717, 1.165) is 44.2 Å². The molecule has 0 unspecified atom stereocenters. The van der Waals surface area contributed by atoms with Crippen molar-refractivity contribution in [1.82, 2.24) is 29.5 Å². The SMILES string of the molecule is N#Cc1cnc(-c2ccc(-n3c4ccccc4c4cc(-c5nc(-c6ccccc6)nc(-c6ccccc6)n5)ccc43)c(C#N)c2)nc1. The summed E-state index contributed by atoms with van der Waals surface area (Å²) < 4.78 is 2.11. The smallest absolute Gasteiger partial charge is 0.164 e. The Bertz CT molecular complexity index is 2470. The van der Waals surface area contributed by atoms with E-state index in [1.54, 1.807) is 6.07 Å². The lowest BCUT2D eigenvalue weighted by Crippen LogP contribution is -2.00. The molecule has 8 aromatic rings. The van der Waals surface area contributed by atoms with Crippen LogP contribution < -0.4 is 0 Å². The van der Waals surface area contributed by atoms with Gasteiger partial charge in [-0.05, 0) is 42.5 Å². The molecule has 0 radical (unpaired) electrons. The maximum absolute atomic E-state index is 10.3. The number of hydrogen-bond acceptors (Lipinski definition) is 7. The van der Waals surface area contributed by atoms with Crippen molar-refractivity contribution >= 4 is 21.8 Å². The van der Waals surface area contributed by atoms with Crippen LogP contribution in [-0.4, -0.2) is 29.5 Å².